The second-order valence-corrected chi connectivity index (χ2v) is 5.71. The molecule has 0 bridgehead atoms. The van der Waals surface area contributed by atoms with Crippen molar-refractivity contribution in [3.8, 4) is 0 Å². The van der Waals surface area contributed by atoms with Crippen LogP contribution < -0.4 is 11.0 Å². The molecule has 3 rings (SSSR count). The molecule has 2 aromatic rings. The summed E-state index contributed by atoms with van der Waals surface area (Å²) in [6.45, 7) is 0.252. The number of aromatic nitrogens is 2. The van der Waals surface area contributed by atoms with Crippen molar-refractivity contribution in [2.24, 2.45) is 0 Å². The number of para-hydroxylation sites is 1. The van der Waals surface area contributed by atoms with Crippen molar-refractivity contribution < 1.29 is 19.3 Å². The van der Waals surface area contributed by atoms with E-state index in [1.807, 2.05) is 30.3 Å². The van der Waals surface area contributed by atoms with Gasteiger partial charge in [0.25, 0.3) is 0 Å². The minimum Gasteiger partial charge on any atom is -0.386 e. The van der Waals surface area contributed by atoms with Gasteiger partial charge in [-0.25, -0.2) is 4.79 Å². The number of ether oxygens (including phenoxy) is 3. The monoisotopic (exact) mass is 347 g/mol. The van der Waals surface area contributed by atoms with Crippen molar-refractivity contribution in [3.05, 3.63) is 53.1 Å². The molecule has 4 atom stereocenters. The van der Waals surface area contributed by atoms with Gasteiger partial charge < -0.3 is 24.6 Å². The Labute approximate surface area is 145 Å². The molecule has 8 heteroatoms. The third-order valence-electron chi connectivity index (χ3n) is 4.06. The predicted octanol–water partition coefficient (Wildman–Crippen LogP) is 0.907. The first-order chi connectivity index (χ1) is 12.1. The van der Waals surface area contributed by atoms with E-state index in [9.17, 15) is 9.90 Å². The van der Waals surface area contributed by atoms with Crippen LogP contribution in [0.1, 0.15) is 6.23 Å². The smallest absolute Gasteiger partial charge is 0.351 e. The molecule has 134 valence electrons. The van der Waals surface area contributed by atoms with Gasteiger partial charge in [-0.15, -0.1) is 0 Å². The summed E-state index contributed by atoms with van der Waals surface area (Å²) >= 11 is 0. The van der Waals surface area contributed by atoms with Crippen molar-refractivity contribution in [1.29, 1.82) is 0 Å². The van der Waals surface area contributed by atoms with Crippen molar-refractivity contribution in [2.45, 2.75) is 24.5 Å². The average Bonchev–Trinajstić information content (AvgIpc) is 2.92. The Hall–Kier alpha value is -2.26. The molecule has 2 heterocycles. The molecule has 1 saturated heterocycles. The lowest BCUT2D eigenvalue weighted by Gasteiger charge is -2.18. The fourth-order valence-corrected chi connectivity index (χ4v) is 2.88. The quantitative estimate of drug-likeness (QED) is 0.802. The van der Waals surface area contributed by atoms with Crippen LogP contribution >= 0.6 is 0 Å². The molecule has 0 amide bonds. The first-order valence-corrected chi connectivity index (χ1v) is 7.90. The van der Waals surface area contributed by atoms with E-state index in [-0.39, 0.29) is 6.61 Å². The SMILES string of the molecule is COC[C@H]1O[C@@H](n2ccc(Nc3ccccc3)nc2=O)C(O)[C@H]1OC. The van der Waals surface area contributed by atoms with Crippen LogP contribution in [0.5, 0.6) is 0 Å². The number of rotatable bonds is 6. The van der Waals surface area contributed by atoms with Crippen molar-refractivity contribution in [2.75, 3.05) is 26.1 Å². The van der Waals surface area contributed by atoms with E-state index in [0.29, 0.717) is 5.82 Å². The molecule has 25 heavy (non-hydrogen) atoms. The van der Waals surface area contributed by atoms with E-state index in [0.717, 1.165) is 5.69 Å². The van der Waals surface area contributed by atoms with Gasteiger partial charge in [-0.05, 0) is 18.2 Å². The molecular weight excluding hydrogens is 326 g/mol. The predicted molar refractivity (Wildman–Crippen MR) is 90.8 cm³/mol. The van der Waals surface area contributed by atoms with Crippen LogP contribution in [0.2, 0.25) is 0 Å². The Bertz CT molecular complexity index is 751. The molecule has 1 aromatic carbocycles. The zero-order chi connectivity index (χ0) is 17.8. The number of methoxy groups -OCH3 is 2. The topological polar surface area (TPSA) is 94.8 Å². The number of aliphatic hydroxyl groups is 1. The molecule has 0 spiro atoms. The Kier molecular flexibility index (Phi) is 5.44. The van der Waals surface area contributed by atoms with E-state index in [4.69, 9.17) is 14.2 Å². The average molecular weight is 347 g/mol. The Balaban J connectivity index is 1.80. The highest BCUT2D eigenvalue weighted by Crippen LogP contribution is 2.30. The molecule has 8 nitrogen and oxygen atoms in total. The minimum atomic E-state index is -1.00. The molecule has 1 unspecified atom stereocenters. The summed E-state index contributed by atoms with van der Waals surface area (Å²) < 4.78 is 17.4. The third kappa shape index (κ3) is 3.72. The number of hydrogen-bond acceptors (Lipinski definition) is 7. The molecule has 0 radical (unpaired) electrons. The Morgan fingerprint density at radius 1 is 1.28 bits per heavy atom. The lowest BCUT2D eigenvalue weighted by atomic mass is 10.1. The van der Waals surface area contributed by atoms with E-state index in [2.05, 4.69) is 10.3 Å². The molecule has 0 saturated carbocycles. The largest absolute Gasteiger partial charge is 0.386 e. The lowest BCUT2D eigenvalue weighted by molar-refractivity contribution is -0.0640. The van der Waals surface area contributed by atoms with Crippen LogP contribution in [0.25, 0.3) is 0 Å². The molecule has 0 aliphatic carbocycles. The van der Waals surface area contributed by atoms with E-state index < -0.39 is 30.2 Å². The maximum atomic E-state index is 12.4. The van der Waals surface area contributed by atoms with Crippen LogP contribution in [0.4, 0.5) is 11.5 Å². The van der Waals surface area contributed by atoms with Gasteiger partial charge in [-0.1, -0.05) is 18.2 Å². The molecule has 1 aromatic heterocycles. The number of anilines is 2. The maximum absolute atomic E-state index is 12.4. The first kappa shape index (κ1) is 17.6. The van der Waals surface area contributed by atoms with Crippen molar-refractivity contribution in [3.63, 3.8) is 0 Å². The number of benzene rings is 1. The lowest BCUT2D eigenvalue weighted by Crippen LogP contribution is -2.37. The van der Waals surface area contributed by atoms with Gasteiger partial charge in [0.15, 0.2) is 6.23 Å². The normalized spacial score (nSPS) is 25.9. The van der Waals surface area contributed by atoms with Gasteiger partial charge in [-0.3, -0.25) is 4.57 Å². The molecule has 1 aliphatic rings. The van der Waals surface area contributed by atoms with Crippen molar-refractivity contribution in [1.82, 2.24) is 9.55 Å². The highest BCUT2D eigenvalue weighted by atomic mass is 16.6. The summed E-state index contributed by atoms with van der Waals surface area (Å²) in [6, 6.07) is 11.1. The minimum absolute atomic E-state index is 0.252. The van der Waals surface area contributed by atoms with Gasteiger partial charge >= 0.3 is 5.69 Å². The molecular formula is C17H21N3O5. The number of nitrogens with zero attached hydrogens (tertiary/aromatic N) is 2. The molecule has 2 N–H and O–H groups in total. The third-order valence-corrected chi connectivity index (χ3v) is 4.06. The Morgan fingerprint density at radius 3 is 2.68 bits per heavy atom. The van der Waals surface area contributed by atoms with Crippen molar-refractivity contribution >= 4 is 11.5 Å². The van der Waals surface area contributed by atoms with Crippen LogP contribution in [-0.2, 0) is 14.2 Å². The van der Waals surface area contributed by atoms with Gasteiger partial charge in [0.1, 0.15) is 24.1 Å². The first-order valence-electron chi connectivity index (χ1n) is 7.90. The zero-order valence-electron chi connectivity index (χ0n) is 14.0. The summed E-state index contributed by atoms with van der Waals surface area (Å²) in [4.78, 5) is 16.4. The number of hydrogen-bond donors (Lipinski definition) is 2. The van der Waals surface area contributed by atoms with E-state index in [1.54, 1.807) is 6.07 Å². The van der Waals surface area contributed by atoms with Crippen LogP contribution in [0.15, 0.2) is 47.4 Å². The maximum Gasteiger partial charge on any atom is 0.351 e. The molecule has 1 aliphatic heterocycles. The highest BCUT2D eigenvalue weighted by molar-refractivity contribution is 5.54. The second-order valence-electron chi connectivity index (χ2n) is 5.71. The summed E-state index contributed by atoms with van der Waals surface area (Å²) in [5, 5.41) is 13.5. The van der Waals surface area contributed by atoms with Gasteiger partial charge in [0.2, 0.25) is 0 Å². The standard InChI is InChI=1S/C17H21N3O5/c1-23-10-12-15(24-2)14(21)16(25-12)20-9-8-13(19-17(20)22)18-11-6-4-3-5-7-11/h3-9,12,14-16,21H,10H2,1-2H3,(H,18,19,22)/t12-,14?,15+,16-/m1/s1. The fraction of sp³-hybridized carbons (Fsp3) is 0.412. The summed E-state index contributed by atoms with van der Waals surface area (Å²) in [5.41, 5.74) is 0.293. The Morgan fingerprint density at radius 2 is 2.04 bits per heavy atom. The second kappa shape index (κ2) is 7.75. The van der Waals surface area contributed by atoms with Crippen LogP contribution in [0.3, 0.4) is 0 Å². The zero-order valence-corrected chi connectivity index (χ0v) is 14.0. The van der Waals surface area contributed by atoms with E-state index in [1.165, 1.54) is 25.0 Å². The van der Waals surface area contributed by atoms with Gasteiger partial charge in [0, 0.05) is 26.1 Å². The number of nitrogens with one attached hydrogen (secondary N) is 1. The van der Waals surface area contributed by atoms with Crippen LogP contribution in [0, 0.1) is 0 Å². The summed E-state index contributed by atoms with van der Waals surface area (Å²) in [6.07, 6.45) is -1.40. The number of aliphatic hydroxyl groups excluding tert-OH is 1. The van der Waals surface area contributed by atoms with Gasteiger partial charge in [0.05, 0.1) is 6.61 Å². The van der Waals surface area contributed by atoms with E-state index >= 15 is 0 Å². The molecule has 1 fully saturated rings. The van der Waals surface area contributed by atoms with Gasteiger partial charge in [-0.2, -0.15) is 4.98 Å². The summed E-state index contributed by atoms with van der Waals surface area (Å²) in [5.74, 6) is 0.414. The highest BCUT2D eigenvalue weighted by Gasteiger charge is 2.45. The fourth-order valence-electron chi connectivity index (χ4n) is 2.88. The summed E-state index contributed by atoms with van der Waals surface area (Å²) in [7, 11) is 3.02. The van der Waals surface area contributed by atoms with Crippen LogP contribution in [-0.4, -0.2) is 53.8 Å².